The number of aliphatic carboxylic acids is 2. The van der Waals surface area contributed by atoms with E-state index in [4.69, 9.17) is 21.7 Å². The average Bonchev–Trinajstić information content (AvgIpc) is 2.77. The molecule has 0 aliphatic carbocycles. The Morgan fingerprint density at radius 1 is 0.771 bits per heavy atom. The standard InChI is InChI=1S/C20H34N6O9/c1-10(9-27)23-17(32)11(2)24-19(34)13(7-15(28)29)26-20(35)14(8-16(30)31)25-18(33)12(22)5-3-4-6-21/h9-14H,3-8,21-22H2,1-2H3,(H,23,32)(H,24,34)(H,25,33)(H,26,35)(H,28,29)(H,30,31)/t10-,11-,12-,13-,14-/m0/s1. The summed E-state index contributed by atoms with van der Waals surface area (Å²) in [6.07, 6.45) is 0.0631. The van der Waals surface area contributed by atoms with E-state index in [2.05, 4.69) is 21.3 Å². The molecule has 15 nitrogen and oxygen atoms in total. The van der Waals surface area contributed by atoms with E-state index in [1.54, 1.807) is 0 Å². The maximum absolute atomic E-state index is 12.7. The van der Waals surface area contributed by atoms with E-state index in [9.17, 15) is 33.6 Å². The predicted molar refractivity (Wildman–Crippen MR) is 121 cm³/mol. The van der Waals surface area contributed by atoms with Crippen molar-refractivity contribution >= 4 is 41.9 Å². The van der Waals surface area contributed by atoms with E-state index in [0.29, 0.717) is 25.7 Å². The zero-order valence-electron chi connectivity index (χ0n) is 19.6. The van der Waals surface area contributed by atoms with Gasteiger partial charge in [-0.3, -0.25) is 28.8 Å². The molecular weight excluding hydrogens is 468 g/mol. The minimum absolute atomic E-state index is 0.233. The molecular formula is C20H34N6O9. The van der Waals surface area contributed by atoms with Crippen molar-refractivity contribution in [3.05, 3.63) is 0 Å². The summed E-state index contributed by atoms with van der Waals surface area (Å²) in [4.78, 5) is 82.5. The molecule has 0 spiro atoms. The molecule has 0 radical (unpaired) electrons. The molecule has 10 N–H and O–H groups in total. The Hall–Kier alpha value is -3.59. The van der Waals surface area contributed by atoms with Gasteiger partial charge in [0.2, 0.25) is 23.6 Å². The Balaban J connectivity index is 5.38. The highest BCUT2D eigenvalue weighted by Gasteiger charge is 2.32. The molecule has 0 unspecified atom stereocenters. The van der Waals surface area contributed by atoms with Crippen molar-refractivity contribution in [3.8, 4) is 0 Å². The number of carbonyl (C=O) groups excluding carboxylic acids is 5. The summed E-state index contributed by atoms with van der Waals surface area (Å²) in [7, 11) is 0. The van der Waals surface area contributed by atoms with Crippen molar-refractivity contribution in [2.75, 3.05) is 6.54 Å². The maximum atomic E-state index is 12.7. The molecule has 0 rings (SSSR count). The average molecular weight is 503 g/mol. The molecule has 0 fully saturated rings. The summed E-state index contributed by atoms with van der Waals surface area (Å²) in [6.45, 7) is 3.06. The van der Waals surface area contributed by atoms with Gasteiger partial charge in [0, 0.05) is 0 Å². The molecule has 0 saturated heterocycles. The fraction of sp³-hybridized carbons (Fsp3) is 0.650. The Morgan fingerprint density at radius 2 is 1.26 bits per heavy atom. The SMILES string of the molecule is C[C@H](NC(=O)[C@H](CC(=O)O)NC(=O)[C@H](CC(=O)O)NC(=O)[C@@H](N)CCCCN)C(=O)N[C@@H](C)C=O. The van der Waals surface area contributed by atoms with Gasteiger partial charge in [0.05, 0.1) is 24.9 Å². The van der Waals surface area contributed by atoms with Crippen LogP contribution in [0, 0.1) is 0 Å². The summed E-state index contributed by atoms with van der Waals surface area (Å²) in [6, 6.07) is -6.43. The van der Waals surface area contributed by atoms with Crippen LogP contribution in [-0.4, -0.2) is 88.8 Å². The Morgan fingerprint density at radius 3 is 1.71 bits per heavy atom. The lowest BCUT2D eigenvalue weighted by Crippen LogP contribution is -2.58. The Bertz CT molecular complexity index is 791. The number of carboxylic acids is 2. The van der Waals surface area contributed by atoms with Gasteiger partial charge in [-0.2, -0.15) is 0 Å². The van der Waals surface area contributed by atoms with Crippen LogP contribution >= 0.6 is 0 Å². The fourth-order valence-electron chi connectivity index (χ4n) is 2.72. The van der Waals surface area contributed by atoms with Crippen LogP contribution < -0.4 is 32.7 Å². The molecule has 0 aromatic rings. The van der Waals surface area contributed by atoms with Gasteiger partial charge in [0.1, 0.15) is 24.4 Å². The molecule has 0 bridgehead atoms. The van der Waals surface area contributed by atoms with Gasteiger partial charge in [0.25, 0.3) is 0 Å². The number of hydrogen-bond acceptors (Lipinski definition) is 9. The van der Waals surface area contributed by atoms with Gasteiger partial charge >= 0.3 is 11.9 Å². The summed E-state index contributed by atoms with van der Waals surface area (Å²) in [5.41, 5.74) is 11.1. The number of rotatable bonds is 17. The highest BCUT2D eigenvalue weighted by atomic mass is 16.4. The number of hydrogen-bond donors (Lipinski definition) is 8. The molecule has 0 aliphatic rings. The molecule has 15 heteroatoms. The fourth-order valence-corrected chi connectivity index (χ4v) is 2.72. The quantitative estimate of drug-likeness (QED) is 0.0716. The number of carbonyl (C=O) groups is 7. The third kappa shape index (κ3) is 13.0. The van der Waals surface area contributed by atoms with Crippen molar-refractivity contribution < 1.29 is 43.8 Å². The zero-order valence-corrected chi connectivity index (χ0v) is 19.6. The topological polar surface area (TPSA) is 260 Å². The van der Waals surface area contributed by atoms with E-state index in [1.807, 2.05) is 0 Å². The molecule has 5 atom stereocenters. The minimum Gasteiger partial charge on any atom is -0.481 e. The van der Waals surface area contributed by atoms with Gasteiger partial charge in [-0.15, -0.1) is 0 Å². The first-order valence-electron chi connectivity index (χ1n) is 10.9. The third-order valence-electron chi connectivity index (χ3n) is 4.66. The summed E-state index contributed by atoms with van der Waals surface area (Å²) in [5, 5.41) is 27.0. The minimum atomic E-state index is -1.70. The molecule has 0 aromatic carbocycles. The lowest BCUT2D eigenvalue weighted by Gasteiger charge is -2.24. The Kier molecular flexibility index (Phi) is 14.5. The molecule has 0 saturated carbocycles. The third-order valence-corrected chi connectivity index (χ3v) is 4.66. The van der Waals surface area contributed by atoms with Crippen molar-refractivity contribution in [2.45, 2.75) is 76.2 Å². The highest BCUT2D eigenvalue weighted by Crippen LogP contribution is 2.03. The first kappa shape index (κ1) is 31.4. The van der Waals surface area contributed by atoms with Gasteiger partial charge < -0.3 is 47.7 Å². The number of unbranched alkanes of at least 4 members (excludes halogenated alkanes) is 1. The lowest BCUT2D eigenvalue weighted by molar-refractivity contribution is -0.143. The van der Waals surface area contributed by atoms with Gasteiger partial charge in [0.15, 0.2) is 0 Å². The van der Waals surface area contributed by atoms with Crippen LogP contribution in [0.3, 0.4) is 0 Å². The molecule has 198 valence electrons. The molecule has 0 aliphatic heterocycles. The number of amides is 4. The molecule has 35 heavy (non-hydrogen) atoms. The summed E-state index contributed by atoms with van der Waals surface area (Å²) < 4.78 is 0. The maximum Gasteiger partial charge on any atom is 0.305 e. The summed E-state index contributed by atoms with van der Waals surface area (Å²) >= 11 is 0. The number of carboxylic acid groups (broad SMARTS) is 2. The molecule has 0 heterocycles. The van der Waals surface area contributed by atoms with Crippen molar-refractivity contribution in [1.82, 2.24) is 21.3 Å². The van der Waals surface area contributed by atoms with E-state index in [-0.39, 0.29) is 6.42 Å². The Labute approximate surface area is 201 Å². The van der Waals surface area contributed by atoms with E-state index in [1.165, 1.54) is 13.8 Å². The van der Waals surface area contributed by atoms with Crippen molar-refractivity contribution in [1.29, 1.82) is 0 Å². The van der Waals surface area contributed by atoms with Gasteiger partial charge in [-0.1, -0.05) is 6.42 Å². The zero-order chi connectivity index (χ0) is 27.1. The largest absolute Gasteiger partial charge is 0.481 e. The molecule has 4 amide bonds. The van der Waals surface area contributed by atoms with Gasteiger partial charge in [-0.05, 0) is 33.2 Å². The predicted octanol–water partition coefficient (Wildman–Crippen LogP) is -3.43. The first-order chi connectivity index (χ1) is 16.3. The van der Waals surface area contributed by atoms with Crippen LogP contribution in [0.15, 0.2) is 0 Å². The van der Waals surface area contributed by atoms with Crippen molar-refractivity contribution in [3.63, 3.8) is 0 Å². The lowest BCUT2D eigenvalue weighted by atomic mass is 10.1. The van der Waals surface area contributed by atoms with Crippen LogP contribution in [0.2, 0.25) is 0 Å². The second-order valence-corrected chi connectivity index (χ2v) is 7.87. The second-order valence-electron chi connectivity index (χ2n) is 7.87. The summed E-state index contributed by atoms with van der Waals surface area (Å²) in [5.74, 6) is -6.66. The smallest absolute Gasteiger partial charge is 0.305 e. The monoisotopic (exact) mass is 502 g/mol. The number of aldehydes is 1. The van der Waals surface area contributed by atoms with Crippen LogP contribution in [0.1, 0.15) is 46.0 Å². The highest BCUT2D eigenvalue weighted by molar-refractivity contribution is 5.97. The van der Waals surface area contributed by atoms with Crippen molar-refractivity contribution in [2.24, 2.45) is 11.5 Å². The number of nitrogens with one attached hydrogen (secondary N) is 4. The first-order valence-corrected chi connectivity index (χ1v) is 10.9. The van der Waals surface area contributed by atoms with Crippen LogP contribution in [-0.2, 0) is 33.6 Å². The van der Waals surface area contributed by atoms with E-state index < -0.39 is 78.6 Å². The van der Waals surface area contributed by atoms with E-state index in [0.717, 1.165) is 0 Å². The van der Waals surface area contributed by atoms with Crippen LogP contribution in [0.4, 0.5) is 0 Å². The normalized spacial score (nSPS) is 14.9. The second kappa shape index (κ2) is 16.1. The van der Waals surface area contributed by atoms with E-state index >= 15 is 0 Å². The van der Waals surface area contributed by atoms with Crippen LogP contribution in [0.25, 0.3) is 0 Å². The number of nitrogens with two attached hydrogens (primary N) is 2. The van der Waals surface area contributed by atoms with Gasteiger partial charge in [-0.25, -0.2) is 0 Å². The molecule has 0 aromatic heterocycles. The van der Waals surface area contributed by atoms with Crippen LogP contribution in [0.5, 0.6) is 0 Å².